The zero-order valence-corrected chi connectivity index (χ0v) is 16.9. The minimum atomic E-state index is -0.402. The summed E-state index contributed by atoms with van der Waals surface area (Å²) >= 11 is 1.52. The summed E-state index contributed by atoms with van der Waals surface area (Å²) in [6.07, 6.45) is 9.73. The first-order valence-electron chi connectivity index (χ1n) is 9.58. The van der Waals surface area contributed by atoms with E-state index in [0.717, 1.165) is 30.5 Å². The Balaban J connectivity index is 1.31. The molecule has 2 N–H and O–H groups in total. The highest BCUT2D eigenvalue weighted by molar-refractivity contribution is 7.14. The number of carbonyl (C=O) groups is 2. The molecular weight excluding hydrogens is 384 g/mol. The smallest absolute Gasteiger partial charge is 0.268 e. The summed E-state index contributed by atoms with van der Waals surface area (Å²) in [5.41, 5.74) is 7.91. The van der Waals surface area contributed by atoms with Gasteiger partial charge < -0.3 is 0 Å². The van der Waals surface area contributed by atoms with Crippen molar-refractivity contribution in [2.75, 3.05) is 0 Å². The number of aromatic nitrogens is 2. The van der Waals surface area contributed by atoms with Crippen molar-refractivity contribution >= 4 is 29.2 Å². The van der Waals surface area contributed by atoms with E-state index in [4.69, 9.17) is 0 Å². The van der Waals surface area contributed by atoms with E-state index < -0.39 is 5.91 Å². The molecule has 1 aliphatic carbocycles. The quantitative estimate of drug-likeness (QED) is 0.514. The van der Waals surface area contributed by atoms with Crippen molar-refractivity contribution in [3.63, 3.8) is 0 Å². The maximum absolute atomic E-state index is 12.3. The van der Waals surface area contributed by atoms with E-state index in [1.165, 1.54) is 27.9 Å². The number of nitrogens with zero attached hydrogens (tertiary/aromatic N) is 2. The number of carbonyl (C=O) groups excluding carboxylic acids is 2. The van der Waals surface area contributed by atoms with Crippen LogP contribution in [0, 0.1) is 5.92 Å². The minimum absolute atomic E-state index is 0.282. The Morgan fingerprint density at radius 3 is 2.90 bits per heavy atom. The first-order valence-corrected chi connectivity index (χ1v) is 10.4. The fourth-order valence-corrected chi connectivity index (χ4v) is 4.46. The van der Waals surface area contributed by atoms with Crippen LogP contribution in [0.25, 0.3) is 11.8 Å². The Hall–Kier alpha value is -3.19. The van der Waals surface area contributed by atoms with Gasteiger partial charge in [0.1, 0.15) is 0 Å². The molecule has 2 aromatic heterocycles. The predicted molar refractivity (Wildman–Crippen MR) is 114 cm³/mol. The largest absolute Gasteiger partial charge is 0.279 e. The van der Waals surface area contributed by atoms with Crippen LogP contribution in [0.5, 0.6) is 0 Å². The lowest BCUT2D eigenvalue weighted by atomic mass is 9.90. The van der Waals surface area contributed by atoms with Crippen molar-refractivity contribution in [3.8, 4) is 5.69 Å². The number of hydrazine groups is 1. The number of aryl methyl sites for hydroxylation is 1. The molecule has 7 heteroatoms. The van der Waals surface area contributed by atoms with Gasteiger partial charge in [-0.1, -0.05) is 25.1 Å². The second-order valence-corrected chi connectivity index (χ2v) is 8.37. The van der Waals surface area contributed by atoms with E-state index in [9.17, 15) is 9.59 Å². The number of hydrogen-bond donors (Lipinski definition) is 2. The van der Waals surface area contributed by atoms with Gasteiger partial charge in [-0.3, -0.25) is 20.4 Å². The molecule has 0 saturated carbocycles. The van der Waals surface area contributed by atoms with E-state index in [1.54, 1.807) is 17.0 Å². The highest BCUT2D eigenvalue weighted by Crippen LogP contribution is 2.32. The van der Waals surface area contributed by atoms with Gasteiger partial charge in [-0.05, 0) is 55.0 Å². The zero-order chi connectivity index (χ0) is 20.2. The monoisotopic (exact) mass is 406 g/mol. The molecule has 4 rings (SSSR count). The van der Waals surface area contributed by atoms with Crippen LogP contribution >= 0.6 is 11.3 Å². The van der Waals surface area contributed by atoms with Crippen LogP contribution in [0.3, 0.4) is 0 Å². The van der Waals surface area contributed by atoms with Crippen LogP contribution in [-0.2, 0) is 17.6 Å². The standard InChI is InChI=1S/C22H22N4O2S/c1-15-7-9-19-17(11-15)12-20(29-19)22(28)25-24-21(27)10-8-16-13-23-26(14-16)18-5-3-2-4-6-18/h2-6,8,10,12-15H,7,9,11H2,1H3,(H,24,27)(H,25,28)/b10-8+/t15-/m0/s1. The summed E-state index contributed by atoms with van der Waals surface area (Å²) in [5.74, 6) is -0.0273. The molecule has 0 saturated heterocycles. The summed E-state index contributed by atoms with van der Waals surface area (Å²) in [6.45, 7) is 2.23. The summed E-state index contributed by atoms with van der Waals surface area (Å²) in [4.78, 5) is 26.3. The van der Waals surface area contributed by atoms with Crippen LogP contribution in [0.1, 0.15) is 39.0 Å². The van der Waals surface area contributed by atoms with E-state index in [0.29, 0.717) is 10.8 Å². The van der Waals surface area contributed by atoms with Crippen molar-refractivity contribution in [2.45, 2.75) is 26.2 Å². The lowest BCUT2D eigenvalue weighted by molar-refractivity contribution is -0.117. The Bertz CT molecular complexity index is 1050. The normalized spacial score (nSPS) is 15.8. The van der Waals surface area contributed by atoms with E-state index in [2.05, 4.69) is 22.9 Å². The number of para-hydroxylation sites is 1. The van der Waals surface area contributed by atoms with Crippen molar-refractivity contribution in [3.05, 3.63) is 75.7 Å². The summed E-state index contributed by atoms with van der Waals surface area (Å²) < 4.78 is 1.73. The number of rotatable bonds is 4. The maximum atomic E-state index is 12.3. The molecule has 148 valence electrons. The lowest BCUT2D eigenvalue weighted by Gasteiger charge is -2.16. The number of thiophene rings is 1. The third kappa shape index (κ3) is 4.63. The molecular formula is C22H22N4O2S. The fourth-order valence-electron chi connectivity index (χ4n) is 3.36. The number of fused-ring (bicyclic) bond motifs is 1. The van der Waals surface area contributed by atoms with Gasteiger partial charge in [0.2, 0.25) is 0 Å². The summed E-state index contributed by atoms with van der Waals surface area (Å²) in [6, 6.07) is 11.7. The second-order valence-electron chi connectivity index (χ2n) is 7.24. The van der Waals surface area contributed by atoms with Gasteiger partial charge in [0, 0.05) is 22.7 Å². The van der Waals surface area contributed by atoms with Crippen molar-refractivity contribution < 1.29 is 9.59 Å². The highest BCUT2D eigenvalue weighted by atomic mass is 32.1. The third-order valence-corrected chi connectivity index (χ3v) is 6.14. The molecule has 6 nitrogen and oxygen atoms in total. The third-order valence-electron chi connectivity index (χ3n) is 4.90. The summed E-state index contributed by atoms with van der Waals surface area (Å²) in [7, 11) is 0. The number of hydrogen-bond acceptors (Lipinski definition) is 4. The van der Waals surface area contributed by atoms with Crippen molar-refractivity contribution in [2.24, 2.45) is 5.92 Å². The van der Waals surface area contributed by atoms with Crippen LogP contribution in [0.15, 0.2) is 54.9 Å². The van der Waals surface area contributed by atoms with Crippen molar-refractivity contribution in [1.82, 2.24) is 20.6 Å². The Morgan fingerprint density at radius 2 is 2.07 bits per heavy atom. The molecule has 1 atom stereocenters. The molecule has 2 heterocycles. The van der Waals surface area contributed by atoms with Crippen LogP contribution in [0.2, 0.25) is 0 Å². The number of benzene rings is 1. The van der Waals surface area contributed by atoms with Crippen LogP contribution in [-0.4, -0.2) is 21.6 Å². The molecule has 0 radical (unpaired) electrons. The van der Waals surface area contributed by atoms with Crippen LogP contribution in [0.4, 0.5) is 0 Å². The maximum Gasteiger partial charge on any atom is 0.279 e. The first-order chi connectivity index (χ1) is 14.1. The average molecular weight is 407 g/mol. The second kappa shape index (κ2) is 8.45. The first kappa shape index (κ1) is 19.1. The molecule has 1 aromatic carbocycles. The van der Waals surface area contributed by atoms with Gasteiger partial charge in [-0.25, -0.2) is 4.68 Å². The van der Waals surface area contributed by atoms with Gasteiger partial charge in [-0.2, -0.15) is 5.10 Å². The van der Waals surface area contributed by atoms with E-state index in [-0.39, 0.29) is 5.91 Å². The molecule has 1 aliphatic rings. The number of nitrogens with one attached hydrogen (secondary N) is 2. The Morgan fingerprint density at radius 1 is 1.24 bits per heavy atom. The molecule has 0 bridgehead atoms. The predicted octanol–water partition coefficient (Wildman–Crippen LogP) is 3.53. The molecule has 0 fully saturated rings. The van der Waals surface area contributed by atoms with E-state index >= 15 is 0 Å². The molecule has 0 unspecified atom stereocenters. The lowest BCUT2D eigenvalue weighted by Crippen LogP contribution is -2.40. The average Bonchev–Trinajstić information content (AvgIpc) is 3.38. The minimum Gasteiger partial charge on any atom is -0.268 e. The van der Waals surface area contributed by atoms with Crippen LogP contribution < -0.4 is 10.9 Å². The van der Waals surface area contributed by atoms with Gasteiger partial charge in [0.15, 0.2) is 0 Å². The Labute approximate surface area is 173 Å². The van der Waals surface area contributed by atoms with Gasteiger partial charge in [0.25, 0.3) is 11.8 Å². The topological polar surface area (TPSA) is 76.0 Å². The highest BCUT2D eigenvalue weighted by Gasteiger charge is 2.20. The molecule has 3 aromatic rings. The fraction of sp³-hybridized carbons (Fsp3) is 0.227. The molecule has 29 heavy (non-hydrogen) atoms. The molecule has 0 aliphatic heterocycles. The molecule has 0 spiro atoms. The summed E-state index contributed by atoms with van der Waals surface area (Å²) in [5, 5.41) is 4.28. The SMILES string of the molecule is C[C@H]1CCc2sc(C(=O)NNC(=O)/C=C/c3cnn(-c4ccccc4)c3)cc2C1. The van der Waals surface area contributed by atoms with E-state index in [1.807, 2.05) is 42.6 Å². The molecule has 2 amide bonds. The van der Waals surface area contributed by atoms with Gasteiger partial charge in [-0.15, -0.1) is 11.3 Å². The van der Waals surface area contributed by atoms with Gasteiger partial charge in [0.05, 0.1) is 16.8 Å². The Kier molecular flexibility index (Phi) is 5.57. The number of amides is 2. The zero-order valence-electron chi connectivity index (χ0n) is 16.1. The van der Waals surface area contributed by atoms with Gasteiger partial charge >= 0.3 is 0 Å². The van der Waals surface area contributed by atoms with Crippen molar-refractivity contribution in [1.29, 1.82) is 0 Å².